The van der Waals surface area contributed by atoms with Crippen LogP contribution in [0.5, 0.6) is 0 Å². The predicted octanol–water partition coefficient (Wildman–Crippen LogP) is 3.30. The molecule has 3 heteroatoms. The lowest BCUT2D eigenvalue weighted by molar-refractivity contribution is 0.0697. The van der Waals surface area contributed by atoms with Crippen molar-refractivity contribution < 1.29 is 9.90 Å². The monoisotopic (exact) mass is 263 g/mol. The van der Waals surface area contributed by atoms with Crippen molar-refractivity contribution in [1.29, 1.82) is 0 Å². The van der Waals surface area contributed by atoms with Crippen LogP contribution in [-0.2, 0) is 6.42 Å². The molecule has 0 aromatic heterocycles. The van der Waals surface area contributed by atoms with Crippen molar-refractivity contribution in [3.8, 4) is 0 Å². The van der Waals surface area contributed by atoms with E-state index in [1.54, 1.807) is 12.1 Å². The molecule has 0 aliphatic heterocycles. The third-order valence-electron chi connectivity index (χ3n) is 3.39. The van der Waals surface area contributed by atoms with Gasteiger partial charge in [0, 0.05) is 6.54 Å². The number of benzene rings is 1. The third-order valence-corrected chi connectivity index (χ3v) is 3.39. The summed E-state index contributed by atoms with van der Waals surface area (Å²) in [4.78, 5) is 13.2. The van der Waals surface area contributed by atoms with Crippen LogP contribution >= 0.6 is 0 Å². The van der Waals surface area contributed by atoms with E-state index < -0.39 is 5.97 Å². The molecule has 0 atom stereocenters. The standard InChI is InChI=1S/C16H25NO2/c1-4-17(11-9-13(2)3)12-10-14-5-7-15(8-6-14)16(18)19/h5-8,13H,4,9-12H2,1-3H3,(H,18,19). The largest absolute Gasteiger partial charge is 0.478 e. The van der Waals surface area contributed by atoms with Crippen LogP contribution in [0, 0.1) is 5.92 Å². The first-order valence-corrected chi connectivity index (χ1v) is 7.07. The molecule has 0 saturated heterocycles. The zero-order valence-corrected chi connectivity index (χ0v) is 12.2. The Hall–Kier alpha value is -1.35. The van der Waals surface area contributed by atoms with E-state index in [-0.39, 0.29) is 0 Å². The van der Waals surface area contributed by atoms with Crippen molar-refractivity contribution in [3.63, 3.8) is 0 Å². The van der Waals surface area contributed by atoms with E-state index in [9.17, 15) is 4.79 Å². The molecular weight excluding hydrogens is 238 g/mol. The van der Waals surface area contributed by atoms with Gasteiger partial charge in [-0.2, -0.15) is 0 Å². The van der Waals surface area contributed by atoms with Gasteiger partial charge in [-0.25, -0.2) is 4.79 Å². The molecular formula is C16H25NO2. The Morgan fingerprint density at radius 3 is 2.32 bits per heavy atom. The maximum absolute atomic E-state index is 10.8. The minimum absolute atomic E-state index is 0.357. The highest BCUT2D eigenvalue weighted by Crippen LogP contribution is 2.07. The first-order chi connectivity index (χ1) is 9.02. The summed E-state index contributed by atoms with van der Waals surface area (Å²) in [5, 5.41) is 8.85. The smallest absolute Gasteiger partial charge is 0.335 e. The Bertz CT molecular complexity index is 384. The third kappa shape index (κ3) is 5.88. The number of rotatable bonds is 8. The van der Waals surface area contributed by atoms with E-state index in [0.717, 1.165) is 32.0 Å². The predicted molar refractivity (Wildman–Crippen MR) is 78.7 cm³/mol. The molecule has 0 saturated carbocycles. The first kappa shape index (κ1) is 15.7. The fourth-order valence-electron chi connectivity index (χ4n) is 1.97. The van der Waals surface area contributed by atoms with E-state index in [1.165, 1.54) is 12.0 Å². The zero-order valence-electron chi connectivity index (χ0n) is 12.2. The fraction of sp³-hybridized carbons (Fsp3) is 0.562. The Balaban J connectivity index is 2.43. The summed E-state index contributed by atoms with van der Waals surface area (Å²) in [6, 6.07) is 7.20. The second kappa shape index (κ2) is 7.95. The number of aromatic carboxylic acids is 1. The van der Waals surface area contributed by atoms with Gasteiger partial charge >= 0.3 is 5.97 Å². The Kier molecular flexibility index (Phi) is 6.57. The average Bonchev–Trinajstić information content (AvgIpc) is 2.39. The maximum atomic E-state index is 10.8. The van der Waals surface area contributed by atoms with Gasteiger partial charge in [-0.3, -0.25) is 0 Å². The van der Waals surface area contributed by atoms with Gasteiger partial charge in [0.25, 0.3) is 0 Å². The van der Waals surface area contributed by atoms with E-state index in [1.807, 2.05) is 12.1 Å². The maximum Gasteiger partial charge on any atom is 0.335 e. The van der Waals surface area contributed by atoms with Crippen molar-refractivity contribution in [2.45, 2.75) is 33.6 Å². The molecule has 1 rings (SSSR count). The number of nitrogens with zero attached hydrogens (tertiary/aromatic N) is 1. The molecule has 19 heavy (non-hydrogen) atoms. The molecule has 1 N–H and O–H groups in total. The van der Waals surface area contributed by atoms with Gasteiger partial charge in [-0.15, -0.1) is 0 Å². The van der Waals surface area contributed by atoms with Gasteiger partial charge in [0.2, 0.25) is 0 Å². The van der Waals surface area contributed by atoms with Crippen LogP contribution in [0.4, 0.5) is 0 Å². The van der Waals surface area contributed by atoms with Crippen LogP contribution in [0.15, 0.2) is 24.3 Å². The summed E-state index contributed by atoms with van der Waals surface area (Å²) in [5.74, 6) is -0.123. The summed E-state index contributed by atoms with van der Waals surface area (Å²) < 4.78 is 0. The molecule has 0 bridgehead atoms. The Labute approximate surface area is 116 Å². The van der Waals surface area contributed by atoms with Crippen LogP contribution in [0.3, 0.4) is 0 Å². The lowest BCUT2D eigenvalue weighted by Gasteiger charge is -2.21. The summed E-state index contributed by atoms with van der Waals surface area (Å²) in [7, 11) is 0. The molecule has 0 aliphatic carbocycles. The average molecular weight is 263 g/mol. The number of hydrogen-bond donors (Lipinski definition) is 1. The van der Waals surface area contributed by atoms with Crippen LogP contribution < -0.4 is 0 Å². The summed E-state index contributed by atoms with van der Waals surface area (Å²) >= 11 is 0. The van der Waals surface area contributed by atoms with Crippen molar-refractivity contribution in [2.75, 3.05) is 19.6 Å². The number of hydrogen-bond acceptors (Lipinski definition) is 2. The van der Waals surface area contributed by atoms with Gasteiger partial charge < -0.3 is 10.0 Å². The lowest BCUT2D eigenvalue weighted by atomic mass is 10.1. The van der Waals surface area contributed by atoms with Crippen molar-refractivity contribution >= 4 is 5.97 Å². The van der Waals surface area contributed by atoms with Gasteiger partial charge in [-0.05, 0) is 49.5 Å². The molecule has 0 heterocycles. The molecule has 1 aromatic carbocycles. The van der Waals surface area contributed by atoms with Crippen molar-refractivity contribution in [2.24, 2.45) is 5.92 Å². The molecule has 0 unspecified atom stereocenters. The zero-order chi connectivity index (χ0) is 14.3. The molecule has 0 fully saturated rings. The number of likely N-dealkylation sites (N-methyl/N-ethyl adjacent to an activating group) is 1. The molecule has 0 spiro atoms. The highest BCUT2D eigenvalue weighted by Gasteiger charge is 2.05. The minimum Gasteiger partial charge on any atom is -0.478 e. The number of carbonyl (C=O) groups is 1. The van der Waals surface area contributed by atoms with Gasteiger partial charge in [-0.1, -0.05) is 32.9 Å². The van der Waals surface area contributed by atoms with Gasteiger partial charge in [0.1, 0.15) is 0 Å². The highest BCUT2D eigenvalue weighted by atomic mass is 16.4. The second-order valence-corrected chi connectivity index (χ2v) is 5.37. The lowest BCUT2D eigenvalue weighted by Crippen LogP contribution is -2.27. The molecule has 0 aliphatic rings. The van der Waals surface area contributed by atoms with Gasteiger partial charge in [0.05, 0.1) is 5.56 Å². The van der Waals surface area contributed by atoms with E-state index in [0.29, 0.717) is 5.56 Å². The summed E-state index contributed by atoms with van der Waals surface area (Å²) in [6.07, 6.45) is 2.21. The normalized spacial score (nSPS) is 11.2. The molecule has 0 amide bonds. The van der Waals surface area contributed by atoms with Crippen molar-refractivity contribution in [3.05, 3.63) is 35.4 Å². The second-order valence-electron chi connectivity index (χ2n) is 5.37. The molecule has 3 nitrogen and oxygen atoms in total. The summed E-state index contributed by atoms with van der Waals surface area (Å²) in [6.45, 7) is 9.93. The Morgan fingerprint density at radius 2 is 1.84 bits per heavy atom. The van der Waals surface area contributed by atoms with E-state index >= 15 is 0 Å². The fourth-order valence-corrected chi connectivity index (χ4v) is 1.97. The molecule has 106 valence electrons. The quantitative estimate of drug-likeness (QED) is 0.782. The van der Waals surface area contributed by atoms with Crippen LogP contribution in [0.1, 0.15) is 43.1 Å². The van der Waals surface area contributed by atoms with Crippen molar-refractivity contribution in [1.82, 2.24) is 4.90 Å². The highest BCUT2D eigenvalue weighted by molar-refractivity contribution is 5.87. The van der Waals surface area contributed by atoms with Crippen LogP contribution in [0.25, 0.3) is 0 Å². The number of carboxylic acid groups (broad SMARTS) is 1. The first-order valence-electron chi connectivity index (χ1n) is 7.07. The Morgan fingerprint density at radius 1 is 1.21 bits per heavy atom. The number of carboxylic acids is 1. The van der Waals surface area contributed by atoms with Crippen LogP contribution in [-0.4, -0.2) is 35.6 Å². The van der Waals surface area contributed by atoms with E-state index in [4.69, 9.17) is 5.11 Å². The minimum atomic E-state index is -0.862. The van der Waals surface area contributed by atoms with Crippen LogP contribution in [0.2, 0.25) is 0 Å². The SMILES string of the molecule is CCN(CCc1ccc(C(=O)O)cc1)CCC(C)C. The molecule has 0 radical (unpaired) electrons. The summed E-state index contributed by atoms with van der Waals surface area (Å²) in [5.41, 5.74) is 1.56. The van der Waals surface area contributed by atoms with E-state index in [2.05, 4.69) is 25.7 Å². The van der Waals surface area contributed by atoms with Gasteiger partial charge in [0.15, 0.2) is 0 Å². The topological polar surface area (TPSA) is 40.5 Å². The molecule has 1 aromatic rings.